The predicted octanol–water partition coefficient (Wildman–Crippen LogP) is 3.28. The number of fused-ring (bicyclic) bond motifs is 1. The summed E-state index contributed by atoms with van der Waals surface area (Å²) in [6, 6.07) is 8.72. The molecule has 0 fully saturated rings. The molecule has 0 spiro atoms. The van der Waals surface area contributed by atoms with Gasteiger partial charge < -0.3 is 0 Å². The molecule has 0 amide bonds. The van der Waals surface area contributed by atoms with Crippen LogP contribution < -0.4 is 0 Å². The van der Waals surface area contributed by atoms with Crippen LogP contribution in [0.5, 0.6) is 0 Å². The molecule has 58 valence electrons. The van der Waals surface area contributed by atoms with Gasteiger partial charge in [0.2, 0.25) is 0 Å². The van der Waals surface area contributed by atoms with Crippen LogP contribution in [0.4, 0.5) is 0 Å². The highest BCUT2D eigenvalue weighted by molar-refractivity contribution is 8.00. The molecule has 0 saturated carbocycles. The minimum Gasteiger partial charge on any atom is -0.122 e. The van der Waals surface area contributed by atoms with Crippen molar-refractivity contribution in [2.75, 3.05) is 0 Å². The van der Waals surface area contributed by atoms with Gasteiger partial charge in [0.1, 0.15) is 0 Å². The van der Waals surface area contributed by atoms with Crippen LogP contribution in [0.3, 0.4) is 0 Å². The lowest BCUT2D eigenvalue weighted by atomic mass is 9.99. The zero-order valence-corrected chi connectivity index (χ0v) is 7.69. The van der Waals surface area contributed by atoms with Crippen LogP contribution in [-0.2, 0) is 0 Å². The zero-order chi connectivity index (χ0) is 7.84. The fourth-order valence-corrected chi connectivity index (χ4v) is 2.82. The first-order chi connectivity index (χ1) is 5.29. The summed E-state index contributed by atoms with van der Waals surface area (Å²) in [6.07, 6.45) is 0. The Morgan fingerprint density at radius 2 is 1.91 bits per heavy atom. The van der Waals surface area contributed by atoms with Crippen LogP contribution in [0.15, 0.2) is 29.2 Å². The van der Waals surface area contributed by atoms with Crippen LogP contribution >= 0.6 is 11.8 Å². The Morgan fingerprint density at radius 3 is 2.64 bits per heavy atom. The molecule has 0 saturated heterocycles. The lowest BCUT2D eigenvalue weighted by molar-refractivity contribution is 0.762. The molecule has 2 unspecified atom stereocenters. The van der Waals surface area contributed by atoms with Gasteiger partial charge >= 0.3 is 0 Å². The maximum atomic E-state index is 2.31. The first-order valence-electron chi connectivity index (χ1n) is 4.04. The molecule has 0 nitrogen and oxygen atoms in total. The van der Waals surface area contributed by atoms with E-state index in [0.29, 0.717) is 0 Å². The molecule has 0 bridgehead atoms. The molecule has 1 aliphatic heterocycles. The normalized spacial score (nSPS) is 28.5. The molecular formula is C10H12S. The molecule has 11 heavy (non-hydrogen) atoms. The largest absolute Gasteiger partial charge is 0.122 e. The van der Waals surface area contributed by atoms with Gasteiger partial charge in [-0.1, -0.05) is 32.0 Å². The predicted molar refractivity (Wildman–Crippen MR) is 50.2 cm³/mol. The van der Waals surface area contributed by atoms with E-state index in [4.69, 9.17) is 0 Å². The molecule has 1 aromatic carbocycles. The molecule has 2 atom stereocenters. The quantitative estimate of drug-likeness (QED) is 0.567. The van der Waals surface area contributed by atoms with Crippen molar-refractivity contribution in [2.24, 2.45) is 0 Å². The summed E-state index contributed by atoms with van der Waals surface area (Å²) < 4.78 is 0. The Hall–Kier alpha value is -0.430. The molecule has 0 aromatic heterocycles. The van der Waals surface area contributed by atoms with E-state index >= 15 is 0 Å². The maximum Gasteiger partial charge on any atom is 0.0133 e. The van der Waals surface area contributed by atoms with Crippen LogP contribution in [0.25, 0.3) is 0 Å². The highest BCUT2D eigenvalue weighted by Crippen LogP contribution is 2.44. The van der Waals surface area contributed by atoms with E-state index < -0.39 is 0 Å². The fraction of sp³-hybridized carbons (Fsp3) is 0.400. The van der Waals surface area contributed by atoms with Crippen LogP contribution in [0.2, 0.25) is 0 Å². The van der Waals surface area contributed by atoms with Gasteiger partial charge in [-0.15, -0.1) is 11.8 Å². The molecule has 2 rings (SSSR count). The Kier molecular flexibility index (Phi) is 1.68. The average molecular weight is 164 g/mol. The fourth-order valence-electron chi connectivity index (χ4n) is 1.52. The molecule has 0 radical (unpaired) electrons. The Bertz CT molecular complexity index is 267. The summed E-state index contributed by atoms with van der Waals surface area (Å²) in [5.41, 5.74) is 1.53. The summed E-state index contributed by atoms with van der Waals surface area (Å²) in [4.78, 5) is 1.48. The average Bonchev–Trinajstić information content (AvgIpc) is 2.30. The third kappa shape index (κ3) is 1.08. The minimum absolute atomic E-state index is 0.733. The zero-order valence-electron chi connectivity index (χ0n) is 6.87. The van der Waals surface area contributed by atoms with E-state index in [9.17, 15) is 0 Å². The Labute approximate surface area is 72.0 Å². The molecule has 1 heteroatoms. The van der Waals surface area contributed by atoms with Crippen LogP contribution in [0, 0.1) is 0 Å². The first kappa shape index (κ1) is 7.23. The molecular weight excluding hydrogens is 152 g/mol. The van der Waals surface area contributed by atoms with Crippen molar-refractivity contribution < 1.29 is 0 Å². The topological polar surface area (TPSA) is 0 Å². The van der Waals surface area contributed by atoms with Crippen LogP contribution in [-0.4, -0.2) is 5.25 Å². The number of hydrogen-bond donors (Lipinski definition) is 0. The lowest BCUT2D eigenvalue weighted by Crippen LogP contribution is -1.99. The van der Waals surface area contributed by atoms with Crippen molar-refractivity contribution in [1.29, 1.82) is 0 Å². The second-order valence-corrected chi connectivity index (χ2v) is 4.57. The second kappa shape index (κ2) is 2.56. The summed E-state index contributed by atoms with van der Waals surface area (Å²) in [5, 5.41) is 0.757. The molecule has 1 aromatic rings. The molecule has 0 N–H and O–H groups in total. The summed E-state index contributed by atoms with van der Waals surface area (Å²) >= 11 is 2.00. The van der Waals surface area contributed by atoms with Crippen molar-refractivity contribution in [3.8, 4) is 0 Å². The third-order valence-corrected chi connectivity index (χ3v) is 3.83. The van der Waals surface area contributed by atoms with Gasteiger partial charge in [-0.2, -0.15) is 0 Å². The second-order valence-electron chi connectivity index (χ2n) is 3.15. The van der Waals surface area contributed by atoms with Gasteiger partial charge in [-0.3, -0.25) is 0 Å². The Morgan fingerprint density at radius 1 is 1.18 bits per heavy atom. The number of hydrogen-bond acceptors (Lipinski definition) is 1. The third-order valence-electron chi connectivity index (χ3n) is 2.43. The first-order valence-corrected chi connectivity index (χ1v) is 4.92. The Balaban J connectivity index is 2.47. The van der Waals surface area contributed by atoms with Gasteiger partial charge in [-0.05, 0) is 17.5 Å². The molecule has 1 heterocycles. The van der Waals surface area contributed by atoms with Gasteiger partial charge in [0.25, 0.3) is 0 Å². The van der Waals surface area contributed by atoms with E-state index in [1.807, 2.05) is 11.8 Å². The van der Waals surface area contributed by atoms with E-state index in [0.717, 1.165) is 11.2 Å². The van der Waals surface area contributed by atoms with E-state index in [2.05, 4.69) is 38.1 Å². The SMILES string of the molecule is CC1Sc2ccccc2C1C. The van der Waals surface area contributed by atoms with Crippen molar-refractivity contribution in [3.63, 3.8) is 0 Å². The van der Waals surface area contributed by atoms with Gasteiger partial charge in [0.15, 0.2) is 0 Å². The van der Waals surface area contributed by atoms with E-state index in [-0.39, 0.29) is 0 Å². The van der Waals surface area contributed by atoms with Gasteiger partial charge in [0.05, 0.1) is 0 Å². The number of rotatable bonds is 0. The van der Waals surface area contributed by atoms with Crippen molar-refractivity contribution in [3.05, 3.63) is 29.8 Å². The van der Waals surface area contributed by atoms with Gasteiger partial charge in [0, 0.05) is 10.1 Å². The van der Waals surface area contributed by atoms with Crippen molar-refractivity contribution >= 4 is 11.8 Å². The minimum atomic E-state index is 0.733. The summed E-state index contributed by atoms with van der Waals surface area (Å²) in [6.45, 7) is 4.61. The monoisotopic (exact) mass is 164 g/mol. The van der Waals surface area contributed by atoms with E-state index in [1.54, 1.807) is 0 Å². The standard InChI is InChI=1S/C10H12S/c1-7-8(2)11-10-6-4-3-5-9(7)10/h3-8H,1-2H3. The maximum absolute atomic E-state index is 2.31. The summed E-state index contributed by atoms with van der Waals surface area (Å²) in [7, 11) is 0. The molecule has 1 aliphatic rings. The van der Waals surface area contributed by atoms with Gasteiger partial charge in [-0.25, -0.2) is 0 Å². The lowest BCUT2D eigenvalue weighted by Gasteiger charge is -2.06. The number of benzene rings is 1. The molecule has 0 aliphatic carbocycles. The van der Waals surface area contributed by atoms with E-state index in [1.165, 1.54) is 10.5 Å². The van der Waals surface area contributed by atoms with Crippen LogP contribution in [0.1, 0.15) is 25.3 Å². The highest BCUT2D eigenvalue weighted by atomic mass is 32.2. The van der Waals surface area contributed by atoms with Crippen molar-refractivity contribution in [2.45, 2.75) is 29.9 Å². The number of thioether (sulfide) groups is 1. The summed E-state index contributed by atoms with van der Waals surface area (Å²) in [5.74, 6) is 0.733. The smallest absolute Gasteiger partial charge is 0.0133 e. The van der Waals surface area contributed by atoms with Crippen molar-refractivity contribution in [1.82, 2.24) is 0 Å². The highest BCUT2D eigenvalue weighted by Gasteiger charge is 2.25.